The van der Waals surface area contributed by atoms with Crippen LogP contribution in [0.25, 0.3) is 0 Å². The summed E-state index contributed by atoms with van der Waals surface area (Å²) in [5.41, 5.74) is 0. The number of amides is 1. The summed E-state index contributed by atoms with van der Waals surface area (Å²) in [5, 5.41) is 33.4. The number of aliphatic hydroxyl groups excluding tert-OH is 3. The Bertz CT molecular complexity index is 1300. The fourth-order valence-corrected chi connectivity index (χ4v) is 11.0. The number of nitrogens with one attached hydrogen (secondary N) is 1. The standard InChI is InChI=1S/C72H137NO6/c1-3-5-7-9-11-13-15-16-36-40-43-47-51-55-59-63-72(78)79-66-60-56-52-48-44-41-38-35-33-31-29-27-25-23-21-19-17-18-20-22-24-26-28-30-32-34-37-39-42-46-50-54-58-62-71(77)73-69(67-74)70(76)65-64-68(75)61-57-53-49-45-14-12-10-8-6-4-2/h11,13,16,36,64-65,68-70,74-76H,3-10,12,14-15,17-35,37-63,66-67H2,1-2H3,(H,73,77)/b13-11-,36-16-,65-64+/t68-,69+,70-/m1/s1. The highest BCUT2D eigenvalue weighted by Gasteiger charge is 2.18. The lowest BCUT2D eigenvalue weighted by Crippen LogP contribution is -2.45. The van der Waals surface area contributed by atoms with E-state index < -0.39 is 18.2 Å². The number of carbonyl (C=O) groups excluding carboxylic acids is 2. The average molecular weight is 1110 g/mol. The molecule has 0 fully saturated rings. The Morgan fingerprint density at radius 1 is 0.380 bits per heavy atom. The molecule has 0 saturated heterocycles. The number of unbranched alkanes of at least 4 members (excludes halogenated alkanes) is 49. The van der Waals surface area contributed by atoms with Crippen LogP contribution in [0.5, 0.6) is 0 Å². The predicted octanol–water partition coefficient (Wildman–Crippen LogP) is 21.7. The minimum atomic E-state index is -1.02. The predicted molar refractivity (Wildman–Crippen MR) is 344 cm³/mol. The van der Waals surface area contributed by atoms with Crippen LogP contribution in [0.4, 0.5) is 0 Å². The topological polar surface area (TPSA) is 116 Å². The number of ether oxygens (including phenoxy) is 1. The van der Waals surface area contributed by atoms with Crippen molar-refractivity contribution in [2.75, 3.05) is 13.2 Å². The molecule has 0 spiro atoms. The fourth-order valence-electron chi connectivity index (χ4n) is 11.0. The van der Waals surface area contributed by atoms with E-state index in [2.05, 4.69) is 43.5 Å². The van der Waals surface area contributed by atoms with Crippen LogP contribution in [-0.2, 0) is 14.3 Å². The van der Waals surface area contributed by atoms with Gasteiger partial charge in [0.25, 0.3) is 0 Å². The largest absolute Gasteiger partial charge is 0.466 e. The maximum atomic E-state index is 12.5. The van der Waals surface area contributed by atoms with Crippen molar-refractivity contribution in [2.45, 2.75) is 398 Å². The van der Waals surface area contributed by atoms with Crippen molar-refractivity contribution < 1.29 is 29.6 Å². The first-order chi connectivity index (χ1) is 38.9. The fraction of sp³-hybridized carbons (Fsp3) is 0.889. The third-order valence-corrected chi connectivity index (χ3v) is 16.5. The van der Waals surface area contributed by atoms with Gasteiger partial charge < -0.3 is 25.4 Å². The zero-order valence-corrected chi connectivity index (χ0v) is 53.0. The molecule has 3 atom stereocenters. The van der Waals surface area contributed by atoms with Gasteiger partial charge in [0.15, 0.2) is 0 Å². The molecule has 0 aliphatic heterocycles. The summed E-state index contributed by atoms with van der Waals surface area (Å²) in [6.07, 6.45) is 82.5. The van der Waals surface area contributed by atoms with Gasteiger partial charge in [-0.05, 0) is 57.8 Å². The molecule has 79 heavy (non-hydrogen) atoms. The van der Waals surface area contributed by atoms with E-state index in [1.807, 2.05) is 0 Å². The van der Waals surface area contributed by atoms with Gasteiger partial charge in [-0.2, -0.15) is 0 Å². The molecule has 0 unspecified atom stereocenters. The normalized spacial score (nSPS) is 13.1. The van der Waals surface area contributed by atoms with Crippen molar-refractivity contribution in [1.82, 2.24) is 5.32 Å². The maximum absolute atomic E-state index is 12.5. The van der Waals surface area contributed by atoms with Gasteiger partial charge in [-0.15, -0.1) is 0 Å². The average Bonchev–Trinajstić information content (AvgIpc) is 3.45. The van der Waals surface area contributed by atoms with Gasteiger partial charge in [0.2, 0.25) is 5.91 Å². The molecule has 1 amide bonds. The van der Waals surface area contributed by atoms with E-state index in [9.17, 15) is 24.9 Å². The molecule has 466 valence electrons. The molecule has 0 aromatic rings. The van der Waals surface area contributed by atoms with Crippen LogP contribution in [0.15, 0.2) is 36.5 Å². The Labute approximate surface area is 492 Å². The van der Waals surface area contributed by atoms with Gasteiger partial charge in [0.1, 0.15) is 0 Å². The summed E-state index contributed by atoms with van der Waals surface area (Å²) in [6, 6.07) is -0.746. The number of allylic oxidation sites excluding steroid dienone is 4. The van der Waals surface area contributed by atoms with Crippen LogP contribution in [0.1, 0.15) is 380 Å². The minimum Gasteiger partial charge on any atom is -0.466 e. The van der Waals surface area contributed by atoms with E-state index in [1.54, 1.807) is 6.08 Å². The molecule has 0 heterocycles. The molecule has 7 nitrogen and oxygen atoms in total. The van der Waals surface area contributed by atoms with Crippen LogP contribution in [-0.4, -0.2) is 58.7 Å². The summed E-state index contributed by atoms with van der Waals surface area (Å²) < 4.78 is 5.49. The molecule has 0 aromatic heterocycles. The van der Waals surface area contributed by atoms with Crippen LogP contribution in [0.3, 0.4) is 0 Å². The van der Waals surface area contributed by atoms with Crippen molar-refractivity contribution in [3.05, 3.63) is 36.5 Å². The van der Waals surface area contributed by atoms with E-state index in [0.29, 0.717) is 25.9 Å². The highest BCUT2D eigenvalue weighted by molar-refractivity contribution is 5.76. The van der Waals surface area contributed by atoms with Crippen molar-refractivity contribution >= 4 is 11.9 Å². The lowest BCUT2D eigenvalue weighted by Gasteiger charge is -2.20. The maximum Gasteiger partial charge on any atom is 0.305 e. The van der Waals surface area contributed by atoms with Crippen molar-refractivity contribution in [1.29, 1.82) is 0 Å². The number of rotatable bonds is 66. The molecular weight excluding hydrogens is 975 g/mol. The van der Waals surface area contributed by atoms with E-state index >= 15 is 0 Å². The molecule has 0 bridgehead atoms. The van der Waals surface area contributed by atoms with Gasteiger partial charge in [-0.25, -0.2) is 0 Å². The molecule has 0 saturated carbocycles. The van der Waals surface area contributed by atoms with Gasteiger partial charge in [0.05, 0.1) is 31.5 Å². The van der Waals surface area contributed by atoms with Crippen LogP contribution in [0, 0.1) is 0 Å². The molecule has 0 aromatic carbocycles. The first-order valence-electron chi connectivity index (χ1n) is 35.3. The smallest absolute Gasteiger partial charge is 0.305 e. The summed E-state index contributed by atoms with van der Waals surface area (Å²) in [6.45, 7) is 4.78. The number of esters is 1. The first kappa shape index (κ1) is 77.0. The number of hydrogen-bond acceptors (Lipinski definition) is 6. The lowest BCUT2D eigenvalue weighted by molar-refractivity contribution is -0.143. The van der Waals surface area contributed by atoms with Crippen molar-refractivity contribution in [2.24, 2.45) is 0 Å². The second-order valence-corrected chi connectivity index (χ2v) is 24.4. The highest BCUT2D eigenvalue weighted by Crippen LogP contribution is 2.19. The third-order valence-electron chi connectivity index (χ3n) is 16.5. The number of hydrogen-bond donors (Lipinski definition) is 4. The summed E-state index contributed by atoms with van der Waals surface area (Å²) in [4.78, 5) is 24.5. The minimum absolute atomic E-state index is 0.00555. The molecule has 0 aliphatic rings. The number of carbonyl (C=O) groups is 2. The van der Waals surface area contributed by atoms with E-state index in [4.69, 9.17) is 4.74 Å². The monoisotopic (exact) mass is 1110 g/mol. The van der Waals surface area contributed by atoms with E-state index in [-0.39, 0.29) is 18.5 Å². The highest BCUT2D eigenvalue weighted by atomic mass is 16.5. The van der Waals surface area contributed by atoms with Gasteiger partial charge in [-0.3, -0.25) is 9.59 Å². The van der Waals surface area contributed by atoms with Crippen molar-refractivity contribution in [3.63, 3.8) is 0 Å². The second-order valence-electron chi connectivity index (χ2n) is 24.4. The molecule has 4 N–H and O–H groups in total. The lowest BCUT2D eigenvalue weighted by atomic mass is 10.0. The van der Waals surface area contributed by atoms with Gasteiger partial charge in [0, 0.05) is 12.8 Å². The van der Waals surface area contributed by atoms with Gasteiger partial charge >= 0.3 is 5.97 Å². The molecule has 7 heteroatoms. The first-order valence-corrected chi connectivity index (χ1v) is 35.3. The Balaban J connectivity index is 3.36. The quantitative estimate of drug-likeness (QED) is 0.0274. The molecule has 0 aliphatic carbocycles. The van der Waals surface area contributed by atoms with Gasteiger partial charge in [-0.1, -0.05) is 346 Å². The molecule has 0 rings (SSSR count). The molecule has 0 radical (unpaired) electrons. The van der Waals surface area contributed by atoms with Crippen LogP contribution >= 0.6 is 0 Å². The Morgan fingerprint density at radius 3 is 1.09 bits per heavy atom. The number of aliphatic hydroxyl groups is 3. The molecular formula is C72H137NO6. The van der Waals surface area contributed by atoms with Crippen molar-refractivity contribution in [3.8, 4) is 0 Å². The zero-order valence-electron chi connectivity index (χ0n) is 53.0. The third kappa shape index (κ3) is 63.5. The Kier molecular flexibility index (Phi) is 65.2. The summed E-state index contributed by atoms with van der Waals surface area (Å²) in [7, 11) is 0. The van der Waals surface area contributed by atoms with E-state index in [1.165, 1.54) is 295 Å². The second kappa shape index (κ2) is 66.8. The summed E-state index contributed by atoms with van der Waals surface area (Å²) in [5.74, 6) is -0.121. The van der Waals surface area contributed by atoms with E-state index in [0.717, 1.165) is 57.8 Å². The van der Waals surface area contributed by atoms with Crippen LogP contribution in [0.2, 0.25) is 0 Å². The summed E-state index contributed by atoms with van der Waals surface area (Å²) >= 11 is 0. The Hall–Kier alpha value is -1.96. The van der Waals surface area contributed by atoms with Crippen LogP contribution < -0.4 is 5.32 Å². The zero-order chi connectivity index (χ0) is 57.3. The SMILES string of the molecule is CCCCC/C=C\C/C=C\CCCCCCCC(=O)OCCCCCCCCCCCCCCCCCCCCCCCCCCCCCCCCCCCC(=O)N[C@@H](CO)[C@H](O)/C=C/[C@H](O)CCCCCCCCCCCC. The Morgan fingerprint density at radius 2 is 0.696 bits per heavy atom.